The molecule has 3 aromatic rings. The molecule has 1 atom stereocenters. The Labute approximate surface area is 151 Å². The first-order valence-corrected chi connectivity index (χ1v) is 9.07. The minimum Gasteiger partial charge on any atom is -0.347 e. The summed E-state index contributed by atoms with van der Waals surface area (Å²) in [6.45, 7) is 8.14. The molecule has 1 unspecified atom stereocenters. The molecule has 1 aliphatic rings. The van der Waals surface area contributed by atoms with Crippen LogP contribution in [0.15, 0.2) is 12.7 Å². The summed E-state index contributed by atoms with van der Waals surface area (Å²) in [6.07, 6.45) is 5.36. The van der Waals surface area contributed by atoms with Crippen LogP contribution in [-0.4, -0.2) is 36.3 Å². The summed E-state index contributed by atoms with van der Waals surface area (Å²) in [5.74, 6) is 1.38. The Morgan fingerprint density at radius 2 is 2.16 bits per heavy atom. The van der Waals surface area contributed by atoms with E-state index in [9.17, 15) is 0 Å². The Balaban J connectivity index is 1.76. The summed E-state index contributed by atoms with van der Waals surface area (Å²) in [4.78, 5) is 18.5. The molecule has 0 aliphatic carbocycles. The summed E-state index contributed by atoms with van der Waals surface area (Å²) in [7, 11) is 0. The molecule has 0 radical (unpaired) electrons. The average molecular weight is 360 g/mol. The van der Waals surface area contributed by atoms with Gasteiger partial charge in [0.15, 0.2) is 11.5 Å². The lowest BCUT2D eigenvalue weighted by Crippen LogP contribution is -2.24. The molecule has 7 nitrogen and oxygen atoms in total. The first-order chi connectivity index (χ1) is 12.1. The molecule has 1 fully saturated rings. The number of nitrogens with zero attached hydrogens (tertiary/aromatic N) is 6. The summed E-state index contributed by atoms with van der Waals surface area (Å²) in [5.41, 5.74) is 3.68. The Bertz CT molecular complexity index is 898. The van der Waals surface area contributed by atoms with Gasteiger partial charge in [0.2, 0.25) is 0 Å². The molecule has 0 bridgehead atoms. The van der Waals surface area contributed by atoms with E-state index in [1.54, 1.807) is 12.7 Å². The Kier molecular flexibility index (Phi) is 4.11. The summed E-state index contributed by atoms with van der Waals surface area (Å²) < 4.78 is 1.93. The molecule has 1 aliphatic heterocycles. The van der Waals surface area contributed by atoms with Crippen molar-refractivity contribution in [3.8, 4) is 0 Å². The van der Waals surface area contributed by atoms with Gasteiger partial charge in [0.1, 0.15) is 17.0 Å². The van der Waals surface area contributed by atoms with Crippen LogP contribution in [0.25, 0.3) is 11.2 Å². The summed E-state index contributed by atoms with van der Waals surface area (Å²) in [5, 5.41) is 5.43. The van der Waals surface area contributed by atoms with Gasteiger partial charge in [-0.1, -0.05) is 25.4 Å². The van der Waals surface area contributed by atoms with Crippen LogP contribution in [0.3, 0.4) is 0 Å². The molecule has 1 N–H and O–H groups in total. The van der Waals surface area contributed by atoms with Crippen LogP contribution in [0.4, 0.5) is 5.82 Å². The van der Waals surface area contributed by atoms with E-state index in [2.05, 4.69) is 43.8 Å². The first kappa shape index (κ1) is 16.3. The molecule has 0 amide bonds. The van der Waals surface area contributed by atoms with E-state index in [4.69, 9.17) is 11.6 Å². The predicted octanol–water partition coefficient (Wildman–Crippen LogP) is 3.51. The molecule has 1 saturated heterocycles. The molecule has 8 heteroatoms. The van der Waals surface area contributed by atoms with Gasteiger partial charge >= 0.3 is 0 Å². The number of fused-ring (bicyclic) bond motifs is 1. The maximum absolute atomic E-state index is 6.72. The van der Waals surface area contributed by atoms with Crippen molar-refractivity contribution in [2.45, 2.75) is 46.2 Å². The summed E-state index contributed by atoms with van der Waals surface area (Å²) in [6, 6.07) is 0.176. The number of aromatic nitrogens is 6. The van der Waals surface area contributed by atoms with Crippen LogP contribution in [0, 0.1) is 12.8 Å². The average Bonchev–Trinajstić information content (AvgIpc) is 3.26. The monoisotopic (exact) mass is 359 g/mol. The topological polar surface area (TPSA) is 75.5 Å². The van der Waals surface area contributed by atoms with E-state index in [0.717, 1.165) is 53.7 Å². The van der Waals surface area contributed by atoms with E-state index in [1.165, 1.54) is 0 Å². The van der Waals surface area contributed by atoms with Crippen molar-refractivity contribution in [3.63, 3.8) is 0 Å². The number of rotatable bonds is 4. The molecule has 0 spiro atoms. The quantitative estimate of drug-likeness (QED) is 0.771. The lowest BCUT2D eigenvalue weighted by atomic mass is 10.1. The second-order valence-electron chi connectivity index (χ2n) is 7.02. The van der Waals surface area contributed by atoms with Gasteiger partial charge < -0.3 is 9.88 Å². The zero-order valence-electron chi connectivity index (χ0n) is 14.7. The molecule has 25 heavy (non-hydrogen) atoms. The fraction of sp³-hybridized carbons (Fsp3) is 0.529. The number of aryl methyl sites for hydroxylation is 1. The smallest absolute Gasteiger partial charge is 0.182 e. The Morgan fingerprint density at radius 1 is 1.32 bits per heavy atom. The maximum atomic E-state index is 6.72. The van der Waals surface area contributed by atoms with Crippen molar-refractivity contribution >= 4 is 28.6 Å². The van der Waals surface area contributed by atoms with Crippen molar-refractivity contribution in [1.82, 2.24) is 29.7 Å². The van der Waals surface area contributed by atoms with Gasteiger partial charge in [0, 0.05) is 18.7 Å². The third kappa shape index (κ3) is 2.76. The molecular weight excluding hydrogens is 338 g/mol. The molecule has 3 aromatic heterocycles. The number of hydrogen-bond donors (Lipinski definition) is 1. The Hall–Kier alpha value is -2.15. The highest BCUT2D eigenvalue weighted by molar-refractivity contribution is 6.30. The molecule has 4 heterocycles. The fourth-order valence-corrected chi connectivity index (χ4v) is 4.07. The van der Waals surface area contributed by atoms with Crippen molar-refractivity contribution in [1.29, 1.82) is 0 Å². The molecular formula is C17H22ClN7. The normalized spacial score (nSPS) is 18.0. The number of aromatic amines is 1. The highest BCUT2D eigenvalue weighted by atomic mass is 35.5. The number of anilines is 1. The fourth-order valence-electron chi connectivity index (χ4n) is 3.70. The van der Waals surface area contributed by atoms with Gasteiger partial charge in [-0.05, 0) is 25.7 Å². The zero-order chi connectivity index (χ0) is 17.6. The van der Waals surface area contributed by atoms with E-state index in [0.29, 0.717) is 11.6 Å². The van der Waals surface area contributed by atoms with Crippen molar-refractivity contribution in [2.24, 2.45) is 5.92 Å². The van der Waals surface area contributed by atoms with Crippen molar-refractivity contribution in [3.05, 3.63) is 29.1 Å². The van der Waals surface area contributed by atoms with Crippen LogP contribution in [0.2, 0.25) is 5.15 Å². The van der Waals surface area contributed by atoms with E-state index in [-0.39, 0.29) is 6.04 Å². The predicted molar refractivity (Wildman–Crippen MR) is 97.8 cm³/mol. The van der Waals surface area contributed by atoms with Crippen LogP contribution in [-0.2, 0) is 6.54 Å². The van der Waals surface area contributed by atoms with Crippen LogP contribution < -0.4 is 4.90 Å². The third-order valence-electron chi connectivity index (χ3n) is 4.71. The molecule has 132 valence electrons. The maximum Gasteiger partial charge on any atom is 0.182 e. The molecule has 0 saturated carbocycles. The van der Waals surface area contributed by atoms with E-state index in [1.807, 2.05) is 11.6 Å². The van der Waals surface area contributed by atoms with Crippen molar-refractivity contribution in [2.75, 3.05) is 11.4 Å². The summed E-state index contributed by atoms with van der Waals surface area (Å²) >= 11 is 6.72. The zero-order valence-corrected chi connectivity index (χ0v) is 15.5. The molecule has 4 rings (SSSR count). The minimum absolute atomic E-state index is 0.176. The first-order valence-electron chi connectivity index (χ1n) is 8.69. The number of halogens is 1. The van der Waals surface area contributed by atoms with E-state index < -0.39 is 0 Å². The standard InChI is InChI=1S/C17H22ClN7/c1-10(2)7-25-15(18)13(11(3)23-25)12-5-4-6-24(12)17-14-16(20-8-19-14)21-9-22-17/h8-10,12H,4-7H2,1-3H3,(H,19,20,21,22). The number of hydrogen-bond acceptors (Lipinski definition) is 5. The van der Waals surface area contributed by atoms with Gasteiger partial charge in [0.05, 0.1) is 18.1 Å². The third-order valence-corrected chi connectivity index (χ3v) is 5.11. The van der Waals surface area contributed by atoms with Crippen LogP contribution in [0.1, 0.15) is 44.0 Å². The van der Waals surface area contributed by atoms with Crippen LogP contribution >= 0.6 is 11.6 Å². The lowest BCUT2D eigenvalue weighted by Gasteiger charge is -2.26. The molecule has 0 aromatic carbocycles. The van der Waals surface area contributed by atoms with Gasteiger partial charge in [-0.2, -0.15) is 5.10 Å². The van der Waals surface area contributed by atoms with E-state index >= 15 is 0 Å². The minimum atomic E-state index is 0.176. The Morgan fingerprint density at radius 3 is 2.96 bits per heavy atom. The highest BCUT2D eigenvalue weighted by Crippen LogP contribution is 2.41. The highest BCUT2D eigenvalue weighted by Gasteiger charge is 2.33. The van der Waals surface area contributed by atoms with Gasteiger partial charge in [-0.3, -0.25) is 4.68 Å². The number of H-pyrrole nitrogens is 1. The lowest BCUT2D eigenvalue weighted by molar-refractivity contribution is 0.481. The van der Waals surface area contributed by atoms with Gasteiger partial charge in [-0.15, -0.1) is 0 Å². The largest absolute Gasteiger partial charge is 0.347 e. The second kappa shape index (κ2) is 6.29. The van der Waals surface area contributed by atoms with Crippen LogP contribution in [0.5, 0.6) is 0 Å². The van der Waals surface area contributed by atoms with Gasteiger partial charge in [-0.25, -0.2) is 15.0 Å². The second-order valence-corrected chi connectivity index (χ2v) is 7.37. The van der Waals surface area contributed by atoms with Gasteiger partial charge in [0.25, 0.3) is 0 Å². The van der Waals surface area contributed by atoms with Crippen molar-refractivity contribution < 1.29 is 0 Å². The SMILES string of the molecule is Cc1nn(CC(C)C)c(Cl)c1C1CCCN1c1ncnc2nc[nH]c12. The number of imidazole rings is 1. The number of nitrogens with one attached hydrogen (secondary N) is 1.